The summed E-state index contributed by atoms with van der Waals surface area (Å²) in [6.45, 7) is 2.24. The zero-order valence-corrected chi connectivity index (χ0v) is 13.3. The third-order valence-electron chi connectivity index (χ3n) is 4.74. The molecule has 0 saturated heterocycles. The van der Waals surface area contributed by atoms with E-state index < -0.39 is 0 Å². The fraction of sp³-hybridized carbons (Fsp3) is 0.333. The first-order valence-electron chi connectivity index (χ1n) is 8.37. The molecule has 2 aromatic rings. The van der Waals surface area contributed by atoms with Gasteiger partial charge in [0.05, 0.1) is 0 Å². The number of rotatable bonds is 4. The standard InChI is InChI=1S/C21H24O/c1-2-20(16-12-14-19(22)15-13-16)21(18-10-6-7-11-18)17-8-4-3-5-9-17/h3-5,8-9,12-15,18,22H,2,6-7,10-11H2,1H3/b21-20-. The number of phenolic OH excluding ortho intramolecular Hbond substituents is 1. The predicted octanol–water partition coefficient (Wildman–Crippen LogP) is 5.90. The van der Waals surface area contributed by atoms with Crippen LogP contribution in [-0.4, -0.2) is 5.11 Å². The molecule has 1 N–H and O–H groups in total. The van der Waals surface area contributed by atoms with Crippen molar-refractivity contribution in [2.45, 2.75) is 39.0 Å². The Kier molecular flexibility index (Phi) is 4.62. The second-order valence-electron chi connectivity index (χ2n) is 6.14. The monoisotopic (exact) mass is 292 g/mol. The first-order valence-corrected chi connectivity index (χ1v) is 8.37. The van der Waals surface area contributed by atoms with Gasteiger partial charge in [0, 0.05) is 0 Å². The van der Waals surface area contributed by atoms with Gasteiger partial charge in [-0.15, -0.1) is 0 Å². The van der Waals surface area contributed by atoms with Crippen LogP contribution in [0.25, 0.3) is 11.1 Å². The van der Waals surface area contributed by atoms with Gasteiger partial charge >= 0.3 is 0 Å². The van der Waals surface area contributed by atoms with E-state index in [0.717, 1.165) is 6.42 Å². The number of benzene rings is 2. The van der Waals surface area contributed by atoms with Crippen LogP contribution >= 0.6 is 0 Å². The molecule has 114 valence electrons. The van der Waals surface area contributed by atoms with Gasteiger partial charge in [0.2, 0.25) is 0 Å². The summed E-state index contributed by atoms with van der Waals surface area (Å²) in [5.74, 6) is 1.01. The lowest BCUT2D eigenvalue weighted by Crippen LogP contribution is -2.02. The van der Waals surface area contributed by atoms with Crippen molar-refractivity contribution in [2.75, 3.05) is 0 Å². The third kappa shape index (κ3) is 3.09. The van der Waals surface area contributed by atoms with E-state index in [1.54, 1.807) is 12.1 Å². The number of hydrogen-bond acceptors (Lipinski definition) is 1. The predicted molar refractivity (Wildman–Crippen MR) is 93.6 cm³/mol. The molecule has 3 rings (SSSR count). The molecule has 1 fully saturated rings. The molecule has 0 aromatic heterocycles. The summed E-state index contributed by atoms with van der Waals surface area (Å²) in [7, 11) is 0. The molecule has 1 nitrogen and oxygen atoms in total. The molecule has 0 bridgehead atoms. The number of hydrogen-bond donors (Lipinski definition) is 1. The van der Waals surface area contributed by atoms with E-state index in [1.807, 2.05) is 12.1 Å². The first kappa shape index (κ1) is 14.9. The zero-order valence-electron chi connectivity index (χ0n) is 13.3. The van der Waals surface area contributed by atoms with Crippen molar-refractivity contribution in [3.05, 3.63) is 65.7 Å². The summed E-state index contributed by atoms with van der Waals surface area (Å²) in [5, 5.41) is 9.56. The zero-order chi connectivity index (χ0) is 15.4. The van der Waals surface area contributed by atoms with Gasteiger partial charge in [-0.3, -0.25) is 0 Å². The highest BCUT2D eigenvalue weighted by Crippen LogP contribution is 2.42. The Morgan fingerprint density at radius 3 is 2.14 bits per heavy atom. The molecular formula is C21H24O. The van der Waals surface area contributed by atoms with Crippen molar-refractivity contribution >= 4 is 11.1 Å². The Hall–Kier alpha value is -2.02. The van der Waals surface area contributed by atoms with Crippen LogP contribution in [-0.2, 0) is 0 Å². The van der Waals surface area contributed by atoms with E-state index in [-0.39, 0.29) is 0 Å². The van der Waals surface area contributed by atoms with Gasteiger partial charge in [-0.25, -0.2) is 0 Å². The van der Waals surface area contributed by atoms with Crippen molar-refractivity contribution in [1.29, 1.82) is 0 Å². The summed E-state index contributed by atoms with van der Waals surface area (Å²) in [5.41, 5.74) is 5.55. The van der Waals surface area contributed by atoms with Crippen molar-refractivity contribution in [1.82, 2.24) is 0 Å². The lowest BCUT2D eigenvalue weighted by molar-refractivity contribution is 0.475. The largest absolute Gasteiger partial charge is 0.508 e. The van der Waals surface area contributed by atoms with Gasteiger partial charge in [0.25, 0.3) is 0 Å². The SMILES string of the molecule is CC/C(=C(\c1ccccc1)C1CCCC1)c1ccc(O)cc1. The number of phenols is 1. The van der Waals surface area contributed by atoms with Gasteiger partial charge < -0.3 is 5.11 Å². The average Bonchev–Trinajstić information content (AvgIpc) is 3.08. The van der Waals surface area contributed by atoms with Crippen LogP contribution in [0.5, 0.6) is 5.75 Å². The molecule has 1 heteroatoms. The maximum atomic E-state index is 9.56. The van der Waals surface area contributed by atoms with Gasteiger partial charge in [-0.1, -0.05) is 62.2 Å². The molecule has 0 unspecified atom stereocenters. The van der Waals surface area contributed by atoms with Crippen molar-refractivity contribution in [3.63, 3.8) is 0 Å². The second-order valence-corrected chi connectivity index (χ2v) is 6.14. The molecular weight excluding hydrogens is 268 g/mol. The van der Waals surface area contributed by atoms with E-state index in [9.17, 15) is 5.11 Å². The molecule has 0 aliphatic heterocycles. The molecule has 1 saturated carbocycles. The summed E-state index contributed by atoms with van der Waals surface area (Å²) in [6, 6.07) is 18.5. The van der Waals surface area contributed by atoms with Crippen LogP contribution in [0.15, 0.2) is 54.6 Å². The number of allylic oxidation sites excluding steroid dienone is 2. The highest BCUT2D eigenvalue weighted by molar-refractivity contribution is 5.91. The summed E-state index contributed by atoms with van der Waals surface area (Å²) < 4.78 is 0. The molecule has 1 aliphatic rings. The lowest BCUT2D eigenvalue weighted by atomic mass is 9.84. The number of aromatic hydroxyl groups is 1. The van der Waals surface area contributed by atoms with Crippen molar-refractivity contribution < 1.29 is 5.11 Å². The van der Waals surface area contributed by atoms with Crippen LogP contribution in [0.2, 0.25) is 0 Å². The third-order valence-corrected chi connectivity index (χ3v) is 4.74. The topological polar surface area (TPSA) is 20.2 Å². The fourth-order valence-corrected chi connectivity index (χ4v) is 3.70. The van der Waals surface area contributed by atoms with E-state index in [0.29, 0.717) is 11.7 Å². The summed E-state index contributed by atoms with van der Waals surface area (Å²) in [4.78, 5) is 0. The molecule has 0 spiro atoms. The normalized spacial score (nSPS) is 16.6. The Morgan fingerprint density at radius 2 is 1.55 bits per heavy atom. The Bertz CT molecular complexity index is 631. The van der Waals surface area contributed by atoms with Gasteiger partial charge in [-0.2, -0.15) is 0 Å². The van der Waals surface area contributed by atoms with Crippen LogP contribution < -0.4 is 0 Å². The van der Waals surface area contributed by atoms with E-state index in [4.69, 9.17) is 0 Å². The smallest absolute Gasteiger partial charge is 0.115 e. The minimum Gasteiger partial charge on any atom is -0.508 e. The van der Waals surface area contributed by atoms with E-state index in [1.165, 1.54) is 48.0 Å². The average molecular weight is 292 g/mol. The molecule has 2 aromatic carbocycles. The van der Waals surface area contributed by atoms with Crippen LogP contribution in [0, 0.1) is 5.92 Å². The van der Waals surface area contributed by atoms with Crippen LogP contribution in [0.1, 0.15) is 50.2 Å². The Balaban J connectivity index is 2.13. The molecule has 0 atom stereocenters. The molecule has 0 heterocycles. The Labute approximate surface area is 133 Å². The second kappa shape index (κ2) is 6.83. The van der Waals surface area contributed by atoms with Gasteiger partial charge in [-0.05, 0) is 59.6 Å². The summed E-state index contributed by atoms with van der Waals surface area (Å²) >= 11 is 0. The van der Waals surface area contributed by atoms with Crippen molar-refractivity contribution in [3.8, 4) is 5.75 Å². The highest BCUT2D eigenvalue weighted by Gasteiger charge is 2.23. The maximum absolute atomic E-state index is 9.56. The lowest BCUT2D eigenvalue weighted by Gasteiger charge is -2.21. The minimum absolute atomic E-state index is 0.335. The Morgan fingerprint density at radius 1 is 0.909 bits per heavy atom. The van der Waals surface area contributed by atoms with E-state index >= 15 is 0 Å². The van der Waals surface area contributed by atoms with Crippen LogP contribution in [0.3, 0.4) is 0 Å². The molecule has 22 heavy (non-hydrogen) atoms. The molecule has 0 radical (unpaired) electrons. The van der Waals surface area contributed by atoms with E-state index in [2.05, 4.69) is 37.3 Å². The molecule has 0 amide bonds. The van der Waals surface area contributed by atoms with Crippen LogP contribution in [0.4, 0.5) is 0 Å². The first-order chi connectivity index (χ1) is 10.8. The quantitative estimate of drug-likeness (QED) is 0.695. The van der Waals surface area contributed by atoms with Crippen molar-refractivity contribution in [2.24, 2.45) is 5.92 Å². The summed E-state index contributed by atoms with van der Waals surface area (Å²) in [6.07, 6.45) is 6.30. The molecule has 1 aliphatic carbocycles. The fourth-order valence-electron chi connectivity index (χ4n) is 3.70. The maximum Gasteiger partial charge on any atom is 0.115 e. The van der Waals surface area contributed by atoms with Gasteiger partial charge in [0.15, 0.2) is 0 Å². The van der Waals surface area contributed by atoms with Gasteiger partial charge in [0.1, 0.15) is 5.75 Å². The highest BCUT2D eigenvalue weighted by atomic mass is 16.3. The minimum atomic E-state index is 0.335.